The summed E-state index contributed by atoms with van der Waals surface area (Å²) < 4.78 is 1.07. The number of carbonyl (C=O) groups is 1. The molecule has 3 nitrogen and oxygen atoms in total. The predicted octanol–water partition coefficient (Wildman–Crippen LogP) is 4.57. The first kappa shape index (κ1) is 15.1. The largest absolute Gasteiger partial charge is 0.334 e. The molecule has 0 aliphatic carbocycles. The molecule has 104 valence electrons. The molecule has 0 saturated heterocycles. The van der Waals surface area contributed by atoms with Crippen LogP contribution in [0.4, 0.5) is 10.5 Å². The van der Waals surface area contributed by atoms with Crippen LogP contribution in [-0.2, 0) is 6.54 Å². The second-order valence-electron chi connectivity index (χ2n) is 4.40. The van der Waals surface area contributed by atoms with E-state index >= 15 is 0 Å². The van der Waals surface area contributed by atoms with E-state index in [1.807, 2.05) is 49.4 Å². The third kappa shape index (κ3) is 4.38. The van der Waals surface area contributed by atoms with Crippen molar-refractivity contribution in [3.05, 3.63) is 62.2 Å². The SMILES string of the molecule is Cc1ccc(CNC(=O)Nc2cccc(I)c2)cc1Cl. The van der Waals surface area contributed by atoms with Gasteiger partial charge in [-0.05, 0) is 64.9 Å². The summed E-state index contributed by atoms with van der Waals surface area (Å²) in [5.74, 6) is 0. The van der Waals surface area contributed by atoms with Crippen LogP contribution in [0.3, 0.4) is 0 Å². The van der Waals surface area contributed by atoms with Gasteiger partial charge < -0.3 is 10.6 Å². The zero-order valence-corrected chi connectivity index (χ0v) is 13.8. The number of amides is 2. The van der Waals surface area contributed by atoms with Crippen LogP contribution in [0.1, 0.15) is 11.1 Å². The Morgan fingerprint density at radius 3 is 2.75 bits per heavy atom. The van der Waals surface area contributed by atoms with Crippen molar-refractivity contribution in [1.82, 2.24) is 5.32 Å². The molecule has 2 amide bonds. The summed E-state index contributed by atoms with van der Waals surface area (Å²) in [5, 5.41) is 6.30. The first-order valence-corrected chi connectivity index (χ1v) is 7.56. The maximum Gasteiger partial charge on any atom is 0.319 e. The normalized spacial score (nSPS) is 10.2. The van der Waals surface area contributed by atoms with E-state index in [4.69, 9.17) is 11.6 Å². The molecule has 0 unspecified atom stereocenters. The summed E-state index contributed by atoms with van der Waals surface area (Å²) >= 11 is 8.25. The van der Waals surface area contributed by atoms with Crippen molar-refractivity contribution in [3.63, 3.8) is 0 Å². The van der Waals surface area contributed by atoms with Crippen LogP contribution in [0.2, 0.25) is 5.02 Å². The molecule has 0 fully saturated rings. The van der Waals surface area contributed by atoms with E-state index in [2.05, 4.69) is 33.2 Å². The monoisotopic (exact) mass is 400 g/mol. The molecule has 20 heavy (non-hydrogen) atoms. The molecule has 2 N–H and O–H groups in total. The Bertz CT molecular complexity index is 631. The number of halogens is 2. The van der Waals surface area contributed by atoms with Gasteiger partial charge in [0.15, 0.2) is 0 Å². The fraction of sp³-hybridized carbons (Fsp3) is 0.133. The summed E-state index contributed by atoms with van der Waals surface area (Å²) in [7, 11) is 0. The standard InChI is InChI=1S/C15H14ClIN2O/c1-10-5-6-11(7-14(10)16)9-18-15(20)19-13-4-2-3-12(17)8-13/h2-8H,9H2,1H3,(H2,18,19,20). The van der Waals surface area contributed by atoms with E-state index in [-0.39, 0.29) is 6.03 Å². The van der Waals surface area contributed by atoms with Crippen molar-refractivity contribution >= 4 is 45.9 Å². The second kappa shape index (κ2) is 6.95. The lowest BCUT2D eigenvalue weighted by molar-refractivity contribution is 0.251. The Labute approximate surface area is 136 Å². The van der Waals surface area contributed by atoms with Gasteiger partial charge in [0, 0.05) is 20.8 Å². The Hall–Kier alpha value is -1.27. The molecular weight excluding hydrogens is 387 g/mol. The highest BCUT2D eigenvalue weighted by molar-refractivity contribution is 14.1. The Kier molecular flexibility index (Phi) is 5.25. The number of benzene rings is 2. The van der Waals surface area contributed by atoms with Crippen LogP contribution in [-0.4, -0.2) is 6.03 Å². The topological polar surface area (TPSA) is 41.1 Å². The van der Waals surface area contributed by atoms with E-state index in [9.17, 15) is 4.79 Å². The third-order valence-electron chi connectivity index (χ3n) is 2.77. The molecule has 0 radical (unpaired) electrons. The van der Waals surface area contributed by atoms with Gasteiger partial charge in [0.1, 0.15) is 0 Å². The molecule has 0 aromatic heterocycles. The molecule has 5 heteroatoms. The Morgan fingerprint density at radius 1 is 1.25 bits per heavy atom. The maximum atomic E-state index is 11.8. The number of anilines is 1. The molecule has 0 heterocycles. The average Bonchev–Trinajstić information content (AvgIpc) is 2.40. The van der Waals surface area contributed by atoms with Crippen LogP contribution in [0, 0.1) is 10.5 Å². The first-order chi connectivity index (χ1) is 9.54. The highest BCUT2D eigenvalue weighted by Crippen LogP contribution is 2.16. The summed E-state index contributed by atoms with van der Waals surface area (Å²) in [6.45, 7) is 2.39. The Balaban J connectivity index is 1.90. The summed E-state index contributed by atoms with van der Waals surface area (Å²) in [4.78, 5) is 11.8. The maximum absolute atomic E-state index is 11.8. The lowest BCUT2D eigenvalue weighted by Crippen LogP contribution is -2.28. The van der Waals surface area contributed by atoms with Crippen molar-refractivity contribution in [3.8, 4) is 0 Å². The Morgan fingerprint density at radius 2 is 2.05 bits per heavy atom. The molecule has 0 spiro atoms. The first-order valence-electron chi connectivity index (χ1n) is 6.10. The number of nitrogens with one attached hydrogen (secondary N) is 2. The summed E-state index contributed by atoms with van der Waals surface area (Å²) in [6, 6.07) is 13.2. The lowest BCUT2D eigenvalue weighted by Gasteiger charge is -2.09. The number of rotatable bonds is 3. The van der Waals surface area contributed by atoms with Gasteiger partial charge in [0.25, 0.3) is 0 Å². The van der Waals surface area contributed by atoms with E-state index in [0.29, 0.717) is 11.6 Å². The summed E-state index contributed by atoms with van der Waals surface area (Å²) in [6.07, 6.45) is 0. The molecule has 0 atom stereocenters. The zero-order chi connectivity index (χ0) is 14.5. The molecule has 0 aliphatic heterocycles. The van der Waals surface area contributed by atoms with Gasteiger partial charge in [0.05, 0.1) is 0 Å². The number of hydrogen-bond donors (Lipinski definition) is 2. The zero-order valence-electron chi connectivity index (χ0n) is 10.9. The number of urea groups is 1. The van der Waals surface area contributed by atoms with Gasteiger partial charge in [-0.1, -0.05) is 29.8 Å². The fourth-order valence-electron chi connectivity index (χ4n) is 1.67. The van der Waals surface area contributed by atoms with E-state index < -0.39 is 0 Å². The molecule has 2 aromatic rings. The second-order valence-corrected chi connectivity index (χ2v) is 6.05. The van der Waals surface area contributed by atoms with Crippen LogP contribution in [0.5, 0.6) is 0 Å². The smallest absolute Gasteiger partial charge is 0.319 e. The van der Waals surface area contributed by atoms with Crippen molar-refractivity contribution in [1.29, 1.82) is 0 Å². The number of carbonyl (C=O) groups excluding carboxylic acids is 1. The molecule has 0 saturated carbocycles. The van der Waals surface area contributed by atoms with E-state index in [0.717, 1.165) is 20.4 Å². The van der Waals surface area contributed by atoms with Gasteiger partial charge in [-0.2, -0.15) is 0 Å². The van der Waals surface area contributed by atoms with Crippen molar-refractivity contribution in [2.24, 2.45) is 0 Å². The molecule has 2 rings (SSSR count). The predicted molar refractivity (Wildman–Crippen MR) is 91.2 cm³/mol. The van der Waals surface area contributed by atoms with Crippen LogP contribution in [0.25, 0.3) is 0 Å². The highest BCUT2D eigenvalue weighted by atomic mass is 127. The van der Waals surface area contributed by atoms with Crippen molar-refractivity contribution < 1.29 is 4.79 Å². The van der Waals surface area contributed by atoms with Crippen LogP contribution >= 0.6 is 34.2 Å². The van der Waals surface area contributed by atoms with Crippen LogP contribution in [0.15, 0.2) is 42.5 Å². The third-order valence-corrected chi connectivity index (χ3v) is 3.85. The van der Waals surface area contributed by atoms with Crippen molar-refractivity contribution in [2.75, 3.05) is 5.32 Å². The molecular formula is C15H14ClIN2O. The van der Waals surface area contributed by atoms with Gasteiger partial charge in [-0.15, -0.1) is 0 Å². The molecule has 0 bridgehead atoms. The van der Waals surface area contributed by atoms with Crippen molar-refractivity contribution in [2.45, 2.75) is 13.5 Å². The minimum Gasteiger partial charge on any atom is -0.334 e. The van der Waals surface area contributed by atoms with Gasteiger partial charge >= 0.3 is 6.03 Å². The minimum absolute atomic E-state index is 0.233. The highest BCUT2D eigenvalue weighted by Gasteiger charge is 2.03. The van der Waals surface area contributed by atoms with E-state index in [1.165, 1.54) is 0 Å². The van der Waals surface area contributed by atoms with Crippen LogP contribution < -0.4 is 10.6 Å². The molecule has 2 aromatic carbocycles. The van der Waals surface area contributed by atoms with E-state index in [1.54, 1.807) is 0 Å². The van der Waals surface area contributed by atoms with Gasteiger partial charge in [-0.3, -0.25) is 0 Å². The van der Waals surface area contributed by atoms with Gasteiger partial charge in [0.2, 0.25) is 0 Å². The minimum atomic E-state index is -0.233. The average molecular weight is 401 g/mol. The lowest BCUT2D eigenvalue weighted by atomic mass is 10.1. The summed E-state index contributed by atoms with van der Waals surface area (Å²) in [5.41, 5.74) is 2.77. The quantitative estimate of drug-likeness (QED) is 0.728. The number of hydrogen-bond acceptors (Lipinski definition) is 1. The fourth-order valence-corrected chi connectivity index (χ4v) is 2.42. The van der Waals surface area contributed by atoms with Gasteiger partial charge in [-0.25, -0.2) is 4.79 Å². The number of aryl methyl sites for hydroxylation is 1. The molecule has 0 aliphatic rings.